The van der Waals surface area contributed by atoms with Gasteiger partial charge in [-0.05, 0) is 36.8 Å². The molecule has 0 unspecified atom stereocenters. The standard InChI is InChI=1S/C20H21N3O4/c1-12-5-7-15-14(9-12)19(24)18(22-23(15)2)20(25)21-11-13-6-8-16(26-3)17(10-13)27-4/h5-10H,11H2,1-4H3,(H,21,25). The minimum Gasteiger partial charge on any atom is -0.493 e. The molecule has 7 heteroatoms. The molecule has 0 saturated carbocycles. The molecule has 0 atom stereocenters. The van der Waals surface area contributed by atoms with E-state index in [-0.39, 0.29) is 17.7 Å². The molecule has 140 valence electrons. The Kier molecular flexibility index (Phi) is 5.12. The smallest absolute Gasteiger partial charge is 0.276 e. The van der Waals surface area contributed by atoms with E-state index in [1.807, 2.05) is 25.1 Å². The summed E-state index contributed by atoms with van der Waals surface area (Å²) >= 11 is 0. The zero-order valence-corrected chi connectivity index (χ0v) is 15.7. The van der Waals surface area contributed by atoms with Crippen molar-refractivity contribution < 1.29 is 14.3 Å². The monoisotopic (exact) mass is 367 g/mol. The topological polar surface area (TPSA) is 82.5 Å². The minimum absolute atomic E-state index is 0.129. The number of rotatable bonds is 5. The lowest BCUT2D eigenvalue weighted by molar-refractivity contribution is 0.0943. The number of carbonyl (C=O) groups is 1. The Morgan fingerprint density at radius 1 is 1.11 bits per heavy atom. The van der Waals surface area contributed by atoms with Crippen LogP contribution in [0.15, 0.2) is 41.2 Å². The Hall–Kier alpha value is -3.35. The van der Waals surface area contributed by atoms with Crippen LogP contribution in [-0.2, 0) is 13.6 Å². The predicted molar refractivity (Wildman–Crippen MR) is 102 cm³/mol. The maximum absolute atomic E-state index is 12.7. The van der Waals surface area contributed by atoms with Crippen molar-refractivity contribution in [3.63, 3.8) is 0 Å². The molecule has 0 bridgehead atoms. The molecule has 1 aromatic heterocycles. The molecule has 27 heavy (non-hydrogen) atoms. The van der Waals surface area contributed by atoms with Crippen molar-refractivity contribution in [2.75, 3.05) is 14.2 Å². The molecule has 3 aromatic rings. The predicted octanol–water partition coefficient (Wildman–Crippen LogP) is 2.19. The Bertz CT molecular complexity index is 1070. The minimum atomic E-state index is -0.520. The van der Waals surface area contributed by atoms with Gasteiger partial charge in [0.25, 0.3) is 5.91 Å². The first kappa shape index (κ1) is 18.4. The number of hydrogen-bond donors (Lipinski definition) is 1. The number of nitrogens with one attached hydrogen (secondary N) is 1. The highest BCUT2D eigenvalue weighted by Gasteiger charge is 2.16. The third-order valence-corrected chi connectivity index (χ3v) is 4.33. The Morgan fingerprint density at radius 2 is 1.85 bits per heavy atom. The SMILES string of the molecule is COc1ccc(CNC(=O)c2nn(C)c3ccc(C)cc3c2=O)cc1OC. The first-order valence-electron chi connectivity index (χ1n) is 8.41. The molecule has 0 radical (unpaired) electrons. The highest BCUT2D eigenvalue weighted by Crippen LogP contribution is 2.27. The Balaban J connectivity index is 1.87. The summed E-state index contributed by atoms with van der Waals surface area (Å²) in [6.07, 6.45) is 0. The summed E-state index contributed by atoms with van der Waals surface area (Å²) in [5.41, 5.74) is 1.94. The molecule has 0 fully saturated rings. The number of aromatic nitrogens is 2. The van der Waals surface area contributed by atoms with Crippen LogP contribution in [-0.4, -0.2) is 29.9 Å². The molecule has 0 aliphatic heterocycles. The maximum atomic E-state index is 12.7. The summed E-state index contributed by atoms with van der Waals surface area (Å²) < 4.78 is 12.0. The molecular formula is C20H21N3O4. The van der Waals surface area contributed by atoms with Gasteiger partial charge in [-0.1, -0.05) is 17.7 Å². The van der Waals surface area contributed by atoms with E-state index < -0.39 is 5.91 Å². The quantitative estimate of drug-likeness (QED) is 0.747. The number of hydrogen-bond acceptors (Lipinski definition) is 5. The molecule has 7 nitrogen and oxygen atoms in total. The molecule has 0 aliphatic rings. The van der Waals surface area contributed by atoms with Crippen molar-refractivity contribution >= 4 is 16.8 Å². The molecule has 2 aromatic carbocycles. The molecule has 0 aliphatic carbocycles. The van der Waals surface area contributed by atoms with E-state index in [1.165, 1.54) is 0 Å². The fourth-order valence-corrected chi connectivity index (χ4v) is 2.90. The van der Waals surface area contributed by atoms with Crippen molar-refractivity contribution in [3.05, 3.63) is 63.4 Å². The first-order chi connectivity index (χ1) is 12.9. The van der Waals surface area contributed by atoms with Crippen LogP contribution in [0, 0.1) is 6.92 Å². The zero-order chi connectivity index (χ0) is 19.6. The van der Waals surface area contributed by atoms with Gasteiger partial charge >= 0.3 is 0 Å². The summed E-state index contributed by atoms with van der Waals surface area (Å²) in [6.45, 7) is 2.13. The molecule has 0 saturated heterocycles. The number of benzene rings is 2. The average Bonchev–Trinajstić information content (AvgIpc) is 2.68. The van der Waals surface area contributed by atoms with Crippen LogP contribution in [0.2, 0.25) is 0 Å². The first-order valence-corrected chi connectivity index (χ1v) is 8.41. The Morgan fingerprint density at radius 3 is 2.56 bits per heavy atom. The molecule has 1 heterocycles. The number of aryl methyl sites for hydroxylation is 2. The van der Waals surface area contributed by atoms with Gasteiger partial charge in [0.05, 0.1) is 25.1 Å². The van der Waals surface area contributed by atoms with Crippen LogP contribution in [0.25, 0.3) is 10.9 Å². The van der Waals surface area contributed by atoms with Crippen molar-refractivity contribution in [1.29, 1.82) is 0 Å². The van der Waals surface area contributed by atoms with Gasteiger partial charge in [0.15, 0.2) is 17.2 Å². The van der Waals surface area contributed by atoms with Crippen LogP contribution in [0.3, 0.4) is 0 Å². The summed E-state index contributed by atoms with van der Waals surface area (Å²) in [4.78, 5) is 25.3. The number of amides is 1. The maximum Gasteiger partial charge on any atom is 0.276 e. The van der Waals surface area contributed by atoms with E-state index in [0.29, 0.717) is 22.4 Å². The van der Waals surface area contributed by atoms with E-state index in [4.69, 9.17) is 9.47 Å². The molecule has 0 spiro atoms. The molecule has 1 amide bonds. The third-order valence-electron chi connectivity index (χ3n) is 4.33. The lowest BCUT2D eigenvalue weighted by atomic mass is 10.1. The average molecular weight is 367 g/mol. The van der Waals surface area contributed by atoms with Crippen LogP contribution >= 0.6 is 0 Å². The Labute approximate surface area is 156 Å². The number of fused-ring (bicyclic) bond motifs is 1. The lowest BCUT2D eigenvalue weighted by Gasteiger charge is -2.11. The van der Waals surface area contributed by atoms with Gasteiger partial charge in [-0.25, -0.2) is 0 Å². The summed E-state index contributed by atoms with van der Waals surface area (Å²) in [5, 5.41) is 7.37. The molecular weight excluding hydrogens is 346 g/mol. The van der Waals surface area contributed by atoms with E-state index in [1.54, 1.807) is 44.1 Å². The van der Waals surface area contributed by atoms with Gasteiger partial charge in [0.2, 0.25) is 5.43 Å². The third kappa shape index (κ3) is 3.62. The lowest BCUT2D eigenvalue weighted by Crippen LogP contribution is -2.31. The fourth-order valence-electron chi connectivity index (χ4n) is 2.90. The zero-order valence-electron chi connectivity index (χ0n) is 15.7. The normalized spacial score (nSPS) is 10.7. The second-order valence-electron chi connectivity index (χ2n) is 6.19. The van der Waals surface area contributed by atoms with Crippen LogP contribution in [0.5, 0.6) is 11.5 Å². The van der Waals surface area contributed by atoms with E-state index >= 15 is 0 Å². The fraction of sp³-hybridized carbons (Fsp3) is 0.250. The van der Waals surface area contributed by atoms with E-state index in [0.717, 1.165) is 11.1 Å². The second kappa shape index (κ2) is 7.49. The largest absolute Gasteiger partial charge is 0.493 e. The van der Waals surface area contributed by atoms with Crippen molar-refractivity contribution in [1.82, 2.24) is 15.1 Å². The van der Waals surface area contributed by atoms with Gasteiger partial charge in [-0.3, -0.25) is 14.3 Å². The van der Waals surface area contributed by atoms with Crippen molar-refractivity contribution in [2.45, 2.75) is 13.5 Å². The van der Waals surface area contributed by atoms with Gasteiger partial charge in [0.1, 0.15) is 0 Å². The molecule has 1 N–H and O–H groups in total. The van der Waals surface area contributed by atoms with Gasteiger partial charge in [-0.2, -0.15) is 5.10 Å². The van der Waals surface area contributed by atoms with Crippen molar-refractivity contribution in [2.24, 2.45) is 7.05 Å². The van der Waals surface area contributed by atoms with Crippen LogP contribution < -0.4 is 20.2 Å². The number of carbonyl (C=O) groups excluding carboxylic acids is 1. The summed E-state index contributed by atoms with van der Waals surface area (Å²) in [5.74, 6) is 0.654. The summed E-state index contributed by atoms with van der Waals surface area (Å²) in [7, 11) is 4.81. The summed E-state index contributed by atoms with van der Waals surface area (Å²) in [6, 6.07) is 10.8. The van der Waals surface area contributed by atoms with E-state index in [2.05, 4.69) is 10.4 Å². The van der Waals surface area contributed by atoms with Crippen LogP contribution in [0.4, 0.5) is 0 Å². The van der Waals surface area contributed by atoms with E-state index in [9.17, 15) is 9.59 Å². The van der Waals surface area contributed by atoms with Gasteiger partial charge < -0.3 is 14.8 Å². The van der Waals surface area contributed by atoms with Crippen molar-refractivity contribution in [3.8, 4) is 11.5 Å². The second-order valence-corrected chi connectivity index (χ2v) is 6.19. The number of nitrogens with zero attached hydrogens (tertiary/aromatic N) is 2. The number of ether oxygens (including phenoxy) is 2. The number of methoxy groups -OCH3 is 2. The highest BCUT2D eigenvalue weighted by atomic mass is 16.5. The molecule has 3 rings (SSSR count). The van der Waals surface area contributed by atoms with Gasteiger partial charge in [-0.15, -0.1) is 0 Å². The van der Waals surface area contributed by atoms with Crippen LogP contribution in [0.1, 0.15) is 21.6 Å². The highest BCUT2D eigenvalue weighted by molar-refractivity contribution is 5.95. The van der Waals surface area contributed by atoms with Gasteiger partial charge in [0, 0.05) is 13.6 Å².